The van der Waals surface area contributed by atoms with Crippen molar-refractivity contribution in [3.63, 3.8) is 0 Å². The molecule has 0 radical (unpaired) electrons. The van der Waals surface area contributed by atoms with Crippen molar-refractivity contribution in [3.05, 3.63) is 21.9 Å². The number of nitrogens with zero attached hydrogens (tertiary/aromatic N) is 1. The van der Waals surface area contributed by atoms with Crippen LogP contribution in [0.3, 0.4) is 0 Å². The van der Waals surface area contributed by atoms with Gasteiger partial charge in [0.05, 0.1) is 18.3 Å². The van der Waals surface area contributed by atoms with Gasteiger partial charge in [-0.15, -0.1) is 11.3 Å². The van der Waals surface area contributed by atoms with Crippen LogP contribution in [0.4, 0.5) is 0 Å². The molecule has 0 amide bonds. The van der Waals surface area contributed by atoms with E-state index in [0.717, 1.165) is 45.2 Å². The Kier molecular flexibility index (Phi) is 4.29. The second-order valence-electron chi connectivity index (χ2n) is 7.40. The van der Waals surface area contributed by atoms with Crippen molar-refractivity contribution in [2.24, 2.45) is 5.92 Å². The van der Waals surface area contributed by atoms with Crippen LogP contribution in [0.1, 0.15) is 42.5 Å². The first-order valence-electron chi connectivity index (χ1n) is 8.73. The summed E-state index contributed by atoms with van der Waals surface area (Å²) in [7, 11) is 0. The molecule has 3 heterocycles. The van der Waals surface area contributed by atoms with Crippen LogP contribution in [0.15, 0.2) is 11.4 Å². The van der Waals surface area contributed by atoms with E-state index >= 15 is 0 Å². The lowest BCUT2D eigenvalue weighted by Gasteiger charge is -2.38. The Morgan fingerprint density at radius 2 is 2.18 bits per heavy atom. The molecular weight excluding hydrogens is 294 g/mol. The highest BCUT2D eigenvalue weighted by molar-refractivity contribution is 7.10. The number of hydrogen-bond donors (Lipinski definition) is 0. The van der Waals surface area contributed by atoms with E-state index in [1.54, 1.807) is 0 Å². The maximum Gasteiger partial charge on any atom is 0.0836 e. The van der Waals surface area contributed by atoms with Gasteiger partial charge in [0, 0.05) is 37.5 Å². The van der Waals surface area contributed by atoms with Gasteiger partial charge >= 0.3 is 0 Å². The van der Waals surface area contributed by atoms with Crippen LogP contribution < -0.4 is 0 Å². The number of thiophene rings is 1. The fraction of sp³-hybridized carbons (Fsp3) is 0.778. The summed E-state index contributed by atoms with van der Waals surface area (Å²) >= 11 is 1.89. The molecule has 3 aliphatic rings. The van der Waals surface area contributed by atoms with Gasteiger partial charge in [-0.05, 0) is 55.5 Å². The standard InChI is InChI=1S/C18H27NO2S/c1-14-4-9-22-17(14)11-19-7-5-18(6-8-19)10-16(13-21-18)20-12-15-2-3-15/h4,9,15-16H,2-3,5-8,10-13H2,1H3. The lowest BCUT2D eigenvalue weighted by Crippen LogP contribution is -2.43. The summed E-state index contributed by atoms with van der Waals surface area (Å²) in [6, 6.07) is 2.23. The van der Waals surface area contributed by atoms with Gasteiger partial charge < -0.3 is 9.47 Å². The van der Waals surface area contributed by atoms with E-state index in [1.165, 1.54) is 36.1 Å². The molecule has 1 aliphatic carbocycles. The quantitative estimate of drug-likeness (QED) is 0.827. The molecule has 4 rings (SSSR count). The first-order chi connectivity index (χ1) is 10.7. The van der Waals surface area contributed by atoms with Crippen molar-refractivity contribution in [2.75, 3.05) is 26.3 Å². The van der Waals surface area contributed by atoms with Crippen molar-refractivity contribution >= 4 is 11.3 Å². The number of aryl methyl sites for hydroxylation is 1. The van der Waals surface area contributed by atoms with Gasteiger partial charge in [0.15, 0.2) is 0 Å². The number of piperidine rings is 1. The molecule has 1 spiro atoms. The van der Waals surface area contributed by atoms with E-state index in [4.69, 9.17) is 9.47 Å². The summed E-state index contributed by atoms with van der Waals surface area (Å²) in [5.74, 6) is 0.854. The molecule has 122 valence electrons. The normalized spacial score (nSPS) is 28.5. The molecular formula is C18H27NO2S. The summed E-state index contributed by atoms with van der Waals surface area (Å²) in [6.45, 7) is 7.43. The van der Waals surface area contributed by atoms with E-state index in [-0.39, 0.29) is 5.60 Å². The first-order valence-corrected chi connectivity index (χ1v) is 9.61. The van der Waals surface area contributed by atoms with Crippen LogP contribution in [0.5, 0.6) is 0 Å². The zero-order valence-corrected chi connectivity index (χ0v) is 14.4. The van der Waals surface area contributed by atoms with Gasteiger partial charge in [0.25, 0.3) is 0 Å². The smallest absolute Gasteiger partial charge is 0.0836 e. The van der Waals surface area contributed by atoms with E-state index in [9.17, 15) is 0 Å². The Bertz CT molecular complexity index is 503. The van der Waals surface area contributed by atoms with Gasteiger partial charge in [-0.3, -0.25) is 4.90 Å². The molecule has 0 N–H and O–H groups in total. The van der Waals surface area contributed by atoms with Gasteiger partial charge in [0.1, 0.15) is 0 Å². The predicted molar refractivity (Wildman–Crippen MR) is 89.3 cm³/mol. The number of likely N-dealkylation sites (tertiary alicyclic amines) is 1. The Balaban J connectivity index is 1.25. The molecule has 1 aromatic heterocycles. The molecule has 0 bridgehead atoms. The third-order valence-electron chi connectivity index (χ3n) is 5.54. The summed E-state index contributed by atoms with van der Waals surface area (Å²) < 4.78 is 12.3. The van der Waals surface area contributed by atoms with Crippen LogP contribution in [-0.2, 0) is 16.0 Å². The predicted octanol–water partition coefficient (Wildman–Crippen LogP) is 3.61. The molecule has 0 aromatic carbocycles. The molecule has 1 saturated carbocycles. The highest BCUT2D eigenvalue weighted by Gasteiger charge is 2.43. The van der Waals surface area contributed by atoms with Crippen LogP contribution in [0, 0.1) is 12.8 Å². The number of hydrogen-bond acceptors (Lipinski definition) is 4. The molecule has 2 saturated heterocycles. The summed E-state index contributed by atoms with van der Waals surface area (Å²) in [6.07, 6.45) is 6.55. The van der Waals surface area contributed by atoms with Crippen molar-refractivity contribution in [1.29, 1.82) is 0 Å². The minimum absolute atomic E-state index is 0.120. The van der Waals surface area contributed by atoms with Crippen LogP contribution in [0.25, 0.3) is 0 Å². The summed E-state index contributed by atoms with van der Waals surface area (Å²) in [5, 5.41) is 2.21. The third-order valence-corrected chi connectivity index (χ3v) is 6.55. The Morgan fingerprint density at radius 1 is 1.36 bits per heavy atom. The first kappa shape index (κ1) is 15.1. The van der Waals surface area contributed by atoms with Crippen molar-refractivity contribution < 1.29 is 9.47 Å². The minimum atomic E-state index is 0.120. The molecule has 22 heavy (non-hydrogen) atoms. The van der Waals surface area contributed by atoms with Gasteiger partial charge in [-0.1, -0.05) is 0 Å². The Morgan fingerprint density at radius 3 is 2.86 bits per heavy atom. The monoisotopic (exact) mass is 321 g/mol. The third kappa shape index (κ3) is 3.40. The lowest BCUT2D eigenvalue weighted by atomic mass is 9.88. The van der Waals surface area contributed by atoms with Crippen molar-refractivity contribution in [3.8, 4) is 0 Å². The molecule has 1 unspecified atom stereocenters. The van der Waals surface area contributed by atoms with E-state index < -0.39 is 0 Å². The van der Waals surface area contributed by atoms with Crippen LogP contribution >= 0.6 is 11.3 Å². The second-order valence-corrected chi connectivity index (χ2v) is 8.40. The van der Waals surface area contributed by atoms with E-state index in [1.807, 2.05) is 11.3 Å². The number of ether oxygens (including phenoxy) is 2. The van der Waals surface area contributed by atoms with E-state index in [0.29, 0.717) is 6.10 Å². The van der Waals surface area contributed by atoms with Crippen molar-refractivity contribution in [1.82, 2.24) is 4.90 Å². The topological polar surface area (TPSA) is 21.7 Å². The second kappa shape index (κ2) is 6.23. The van der Waals surface area contributed by atoms with Gasteiger partial charge in [-0.25, -0.2) is 0 Å². The fourth-order valence-electron chi connectivity index (χ4n) is 3.70. The SMILES string of the molecule is Cc1ccsc1CN1CCC2(CC1)CC(OCC1CC1)CO2. The van der Waals surface area contributed by atoms with Crippen LogP contribution in [-0.4, -0.2) is 42.9 Å². The zero-order chi connectivity index (χ0) is 15.0. The zero-order valence-electron chi connectivity index (χ0n) is 13.6. The van der Waals surface area contributed by atoms with Gasteiger partial charge in [-0.2, -0.15) is 0 Å². The minimum Gasteiger partial charge on any atom is -0.375 e. The summed E-state index contributed by atoms with van der Waals surface area (Å²) in [4.78, 5) is 4.11. The molecule has 3 fully saturated rings. The average molecular weight is 321 g/mol. The maximum atomic E-state index is 6.20. The maximum absolute atomic E-state index is 6.20. The summed E-state index contributed by atoms with van der Waals surface area (Å²) in [5.41, 5.74) is 1.56. The fourth-order valence-corrected chi connectivity index (χ4v) is 4.65. The van der Waals surface area contributed by atoms with Crippen molar-refractivity contribution in [2.45, 2.75) is 57.3 Å². The Labute approximate surface area is 137 Å². The van der Waals surface area contributed by atoms with Gasteiger partial charge in [0.2, 0.25) is 0 Å². The van der Waals surface area contributed by atoms with Crippen LogP contribution in [0.2, 0.25) is 0 Å². The lowest BCUT2D eigenvalue weighted by molar-refractivity contribution is -0.0465. The largest absolute Gasteiger partial charge is 0.375 e. The Hall–Kier alpha value is -0.420. The molecule has 3 nitrogen and oxygen atoms in total. The number of rotatable bonds is 5. The van der Waals surface area contributed by atoms with E-state index in [2.05, 4.69) is 23.3 Å². The highest BCUT2D eigenvalue weighted by Crippen LogP contribution is 2.38. The molecule has 2 aliphatic heterocycles. The average Bonchev–Trinajstić information content (AvgIpc) is 3.16. The molecule has 1 atom stereocenters. The molecule has 4 heteroatoms. The molecule has 1 aromatic rings. The highest BCUT2D eigenvalue weighted by atomic mass is 32.1.